The molecule has 1 nitrogen and oxygen atoms in total. The smallest absolute Gasteiger partial charge is 0.288 e. The Hall–Kier alpha value is -1.81. The van der Waals surface area contributed by atoms with Gasteiger partial charge in [-0.2, -0.15) is 13.2 Å². The first-order valence-electron chi connectivity index (χ1n) is 11.2. The Morgan fingerprint density at radius 1 is 1.20 bits per heavy atom. The minimum absolute atomic E-state index is 0.0690. The van der Waals surface area contributed by atoms with Gasteiger partial charge in [-0.3, -0.25) is 4.90 Å². The number of nitrogens with zero attached hydrogens (tertiary/aromatic N) is 1. The second-order valence-corrected chi connectivity index (χ2v) is 9.82. The molecule has 4 aliphatic rings. The average Bonchev–Trinajstić information content (AvgIpc) is 3.37. The van der Waals surface area contributed by atoms with Gasteiger partial charge < -0.3 is 0 Å². The molecule has 5 atom stereocenters. The number of halogens is 3. The van der Waals surface area contributed by atoms with Gasteiger partial charge in [-0.15, -0.1) is 0 Å². The molecule has 5 rings (SSSR count). The lowest BCUT2D eigenvalue weighted by molar-refractivity contribution is -0.160. The Bertz CT molecular complexity index is 981. The maximum absolute atomic E-state index is 13.8. The highest BCUT2D eigenvalue weighted by atomic mass is 19.4. The van der Waals surface area contributed by atoms with Gasteiger partial charge in [0.1, 0.15) is 0 Å². The fraction of sp³-hybridized carbons (Fsp3) is 0.538. The van der Waals surface area contributed by atoms with Crippen LogP contribution in [0.5, 0.6) is 0 Å². The molecular formula is C26H30F3N. The van der Waals surface area contributed by atoms with Crippen molar-refractivity contribution in [3.05, 3.63) is 64.3 Å². The van der Waals surface area contributed by atoms with E-state index in [1.54, 1.807) is 0 Å². The van der Waals surface area contributed by atoms with Crippen LogP contribution in [0.25, 0.3) is 5.57 Å². The van der Waals surface area contributed by atoms with Gasteiger partial charge in [-0.25, -0.2) is 0 Å². The molecule has 1 saturated carbocycles. The molecule has 0 bridgehead atoms. The number of benzene rings is 1. The number of piperidine rings is 1. The van der Waals surface area contributed by atoms with Crippen LogP contribution in [0, 0.1) is 23.7 Å². The van der Waals surface area contributed by atoms with Crippen LogP contribution < -0.4 is 0 Å². The van der Waals surface area contributed by atoms with Crippen molar-refractivity contribution in [2.45, 2.75) is 58.8 Å². The zero-order chi connectivity index (χ0) is 21.5. The first-order chi connectivity index (χ1) is 14.1. The zero-order valence-electron chi connectivity index (χ0n) is 18.2. The Labute approximate surface area is 177 Å². The minimum atomic E-state index is -4.20. The number of hydrogen-bond donors (Lipinski definition) is 0. The molecule has 2 heterocycles. The second kappa shape index (κ2) is 6.59. The quantitative estimate of drug-likeness (QED) is 0.507. The summed E-state index contributed by atoms with van der Waals surface area (Å²) in [5, 5.41) is 0. The highest BCUT2D eigenvalue weighted by Gasteiger charge is 2.59. The highest BCUT2D eigenvalue weighted by molar-refractivity contribution is 5.74. The van der Waals surface area contributed by atoms with Gasteiger partial charge in [0.2, 0.25) is 0 Å². The highest BCUT2D eigenvalue weighted by Crippen LogP contribution is 2.60. The Kier molecular flexibility index (Phi) is 4.42. The van der Waals surface area contributed by atoms with Gasteiger partial charge in [0.05, 0.1) is 12.0 Å². The van der Waals surface area contributed by atoms with E-state index in [1.807, 2.05) is 13.8 Å². The van der Waals surface area contributed by atoms with E-state index in [1.165, 1.54) is 22.8 Å². The molecule has 1 saturated heterocycles. The molecular weight excluding hydrogens is 383 g/mol. The van der Waals surface area contributed by atoms with Crippen molar-refractivity contribution in [2.24, 2.45) is 23.7 Å². The molecule has 30 heavy (non-hydrogen) atoms. The van der Waals surface area contributed by atoms with Gasteiger partial charge >= 0.3 is 6.18 Å². The molecule has 160 valence electrons. The van der Waals surface area contributed by atoms with E-state index >= 15 is 0 Å². The molecule has 2 aliphatic heterocycles. The largest absolute Gasteiger partial charge is 0.395 e. The van der Waals surface area contributed by atoms with Gasteiger partial charge in [-0.1, -0.05) is 51.6 Å². The summed E-state index contributed by atoms with van der Waals surface area (Å²) in [6.07, 6.45) is 0.355. The maximum atomic E-state index is 13.8. The standard InChI is InChI=1S/C26H30F3N/c1-6-17-14(4)23-15(5)24(23)30-10-9-19-20(25(17)30)8-7-18-21(13(2)3)11-16(12-22(18)19)26(27,28)29/h6-8,11,13,15-16,23-25H,4,9-10,12H2,1-3,5H3/b17-6+/t15?,16?,23-,24?,25?/m1/s1. The van der Waals surface area contributed by atoms with Crippen LogP contribution in [0.15, 0.2) is 42.0 Å². The Morgan fingerprint density at radius 2 is 1.93 bits per heavy atom. The zero-order valence-corrected chi connectivity index (χ0v) is 18.2. The third-order valence-corrected chi connectivity index (χ3v) is 7.97. The number of fused-ring (bicyclic) bond motifs is 7. The summed E-state index contributed by atoms with van der Waals surface area (Å²) in [4.78, 5) is 2.59. The summed E-state index contributed by atoms with van der Waals surface area (Å²) < 4.78 is 41.3. The van der Waals surface area contributed by atoms with E-state index in [2.05, 4.69) is 43.5 Å². The van der Waals surface area contributed by atoms with Crippen LogP contribution in [0.4, 0.5) is 13.2 Å². The summed E-state index contributed by atoms with van der Waals surface area (Å²) in [6, 6.07) is 4.96. The minimum Gasteiger partial charge on any atom is -0.288 e. The third kappa shape index (κ3) is 2.72. The van der Waals surface area contributed by atoms with Gasteiger partial charge in [-0.05, 0) is 70.6 Å². The van der Waals surface area contributed by atoms with E-state index < -0.39 is 12.1 Å². The number of hydrogen-bond acceptors (Lipinski definition) is 1. The normalized spacial score (nSPS) is 34.3. The second-order valence-electron chi connectivity index (χ2n) is 9.82. The fourth-order valence-electron chi connectivity index (χ4n) is 6.47. The number of rotatable bonds is 1. The molecule has 0 spiro atoms. The topological polar surface area (TPSA) is 3.24 Å². The van der Waals surface area contributed by atoms with Crippen molar-refractivity contribution >= 4 is 5.57 Å². The predicted octanol–water partition coefficient (Wildman–Crippen LogP) is 6.51. The maximum Gasteiger partial charge on any atom is 0.395 e. The molecule has 2 aliphatic carbocycles. The van der Waals surface area contributed by atoms with E-state index in [4.69, 9.17) is 0 Å². The van der Waals surface area contributed by atoms with Gasteiger partial charge in [0.15, 0.2) is 0 Å². The first kappa shape index (κ1) is 20.1. The fourth-order valence-corrected chi connectivity index (χ4v) is 6.47. The molecule has 0 amide bonds. The SMILES string of the molecule is C=C1/C(=C\C)C2c3ccc4c(c3CCN2C2C(C)[C@@H]12)CC(C(F)(F)F)C=C4C(C)C. The van der Waals surface area contributed by atoms with Crippen LogP contribution >= 0.6 is 0 Å². The van der Waals surface area contributed by atoms with Crippen molar-refractivity contribution in [2.75, 3.05) is 6.54 Å². The molecule has 4 unspecified atom stereocenters. The lowest BCUT2D eigenvalue weighted by atomic mass is 9.73. The summed E-state index contributed by atoms with van der Waals surface area (Å²) >= 11 is 0. The molecule has 1 aromatic carbocycles. The van der Waals surface area contributed by atoms with Crippen LogP contribution in [0.3, 0.4) is 0 Å². The van der Waals surface area contributed by atoms with Gasteiger partial charge in [0.25, 0.3) is 0 Å². The molecule has 0 aromatic heterocycles. The molecule has 2 fully saturated rings. The van der Waals surface area contributed by atoms with Crippen molar-refractivity contribution in [1.29, 1.82) is 0 Å². The summed E-state index contributed by atoms with van der Waals surface area (Å²) in [5.41, 5.74) is 7.69. The van der Waals surface area contributed by atoms with Crippen LogP contribution in [-0.2, 0) is 12.8 Å². The summed E-state index contributed by atoms with van der Waals surface area (Å²) in [5.74, 6) is -0.165. The molecule has 1 aromatic rings. The first-order valence-corrected chi connectivity index (χ1v) is 11.2. The van der Waals surface area contributed by atoms with Crippen molar-refractivity contribution in [3.8, 4) is 0 Å². The van der Waals surface area contributed by atoms with E-state index in [0.29, 0.717) is 17.9 Å². The van der Waals surface area contributed by atoms with Crippen molar-refractivity contribution in [3.63, 3.8) is 0 Å². The average molecular weight is 414 g/mol. The van der Waals surface area contributed by atoms with Crippen molar-refractivity contribution < 1.29 is 13.2 Å². The van der Waals surface area contributed by atoms with Crippen LogP contribution in [-0.4, -0.2) is 23.7 Å². The molecule has 0 radical (unpaired) electrons. The van der Waals surface area contributed by atoms with Crippen molar-refractivity contribution in [1.82, 2.24) is 4.90 Å². The monoisotopic (exact) mass is 413 g/mol. The van der Waals surface area contributed by atoms with Crippen LogP contribution in [0.1, 0.15) is 56.0 Å². The summed E-state index contributed by atoms with van der Waals surface area (Å²) in [7, 11) is 0. The lowest BCUT2D eigenvalue weighted by Crippen LogP contribution is -2.43. The van der Waals surface area contributed by atoms with E-state index in [0.717, 1.165) is 35.2 Å². The molecule has 0 N–H and O–H groups in total. The Balaban J connectivity index is 1.65. The van der Waals surface area contributed by atoms with Crippen LogP contribution in [0.2, 0.25) is 0 Å². The van der Waals surface area contributed by atoms with E-state index in [9.17, 15) is 13.2 Å². The van der Waals surface area contributed by atoms with E-state index in [-0.39, 0.29) is 18.4 Å². The number of alkyl halides is 3. The molecule has 4 heteroatoms. The predicted molar refractivity (Wildman–Crippen MR) is 115 cm³/mol. The van der Waals surface area contributed by atoms with Gasteiger partial charge in [0, 0.05) is 18.5 Å². The Morgan fingerprint density at radius 3 is 2.57 bits per heavy atom. The summed E-state index contributed by atoms with van der Waals surface area (Å²) in [6.45, 7) is 13.7. The lowest BCUT2D eigenvalue weighted by Gasteiger charge is -2.44. The third-order valence-electron chi connectivity index (χ3n) is 7.97. The number of allylic oxidation sites excluding steroid dienone is 3.